The van der Waals surface area contributed by atoms with Crippen LogP contribution in [0.4, 0.5) is 0 Å². The van der Waals surface area contributed by atoms with Crippen molar-refractivity contribution in [3.8, 4) is 34.4 Å². The van der Waals surface area contributed by atoms with Gasteiger partial charge in [0.25, 0.3) is 5.91 Å². The van der Waals surface area contributed by atoms with E-state index in [4.69, 9.17) is 18.9 Å². The van der Waals surface area contributed by atoms with Crippen molar-refractivity contribution in [1.82, 2.24) is 15.5 Å². The zero-order chi connectivity index (χ0) is 23.5. The highest BCUT2D eigenvalue weighted by molar-refractivity contribution is 5.80. The molecule has 3 rings (SSSR count). The van der Waals surface area contributed by atoms with E-state index >= 15 is 0 Å². The highest BCUT2D eigenvalue weighted by Crippen LogP contribution is 2.22. The molecule has 0 aliphatic carbocycles. The molecule has 3 aromatic rings. The summed E-state index contributed by atoms with van der Waals surface area (Å²) in [6, 6.07) is 18.4. The Morgan fingerprint density at radius 2 is 1.61 bits per heavy atom. The molecule has 0 aliphatic heterocycles. The molecule has 0 bridgehead atoms. The number of rotatable bonds is 12. The van der Waals surface area contributed by atoms with Gasteiger partial charge in [-0.1, -0.05) is 6.07 Å². The Balaban J connectivity index is 1.41. The molecule has 1 unspecified atom stereocenters. The molecule has 33 heavy (non-hydrogen) atoms. The monoisotopic (exact) mass is 451 g/mol. The van der Waals surface area contributed by atoms with E-state index in [1.807, 2.05) is 56.3 Å². The van der Waals surface area contributed by atoms with Crippen LogP contribution in [0.3, 0.4) is 0 Å². The van der Waals surface area contributed by atoms with Crippen LogP contribution in [0.5, 0.6) is 23.1 Å². The van der Waals surface area contributed by atoms with E-state index in [-0.39, 0.29) is 12.5 Å². The molecule has 8 nitrogen and oxygen atoms in total. The normalized spacial score (nSPS) is 11.4. The Kier molecular flexibility index (Phi) is 8.88. The van der Waals surface area contributed by atoms with Crippen molar-refractivity contribution in [2.45, 2.75) is 26.9 Å². The summed E-state index contributed by atoms with van der Waals surface area (Å²) in [5, 5.41) is 11.1. The number of carbonyl (C=O) groups excluding carboxylic acids is 1. The first-order valence-corrected chi connectivity index (χ1v) is 11.0. The van der Waals surface area contributed by atoms with Crippen LogP contribution < -0.4 is 24.3 Å². The number of nitrogens with zero attached hydrogens (tertiary/aromatic N) is 2. The molecule has 0 fully saturated rings. The van der Waals surface area contributed by atoms with Crippen molar-refractivity contribution < 1.29 is 23.7 Å². The Hall–Kier alpha value is -3.81. The van der Waals surface area contributed by atoms with Crippen molar-refractivity contribution in [3.63, 3.8) is 0 Å². The summed E-state index contributed by atoms with van der Waals surface area (Å²) >= 11 is 0. The Morgan fingerprint density at radius 3 is 2.30 bits per heavy atom. The summed E-state index contributed by atoms with van der Waals surface area (Å²) in [6.45, 7) is 7.31. The molecule has 1 aromatic heterocycles. The Morgan fingerprint density at radius 1 is 0.879 bits per heavy atom. The Bertz CT molecular complexity index is 1010. The first kappa shape index (κ1) is 23.8. The average molecular weight is 452 g/mol. The lowest BCUT2D eigenvalue weighted by atomic mass is 10.1. The van der Waals surface area contributed by atoms with Crippen LogP contribution >= 0.6 is 0 Å². The van der Waals surface area contributed by atoms with Crippen LogP contribution in [0, 0.1) is 0 Å². The second-order valence-electron chi connectivity index (χ2n) is 7.02. The van der Waals surface area contributed by atoms with Crippen molar-refractivity contribution in [2.75, 3.05) is 26.4 Å². The summed E-state index contributed by atoms with van der Waals surface area (Å²) in [4.78, 5) is 12.3. The number of carbonyl (C=O) groups is 1. The second kappa shape index (κ2) is 12.3. The number of hydrogen-bond acceptors (Lipinski definition) is 7. The lowest BCUT2D eigenvalue weighted by molar-refractivity contribution is -0.127. The average Bonchev–Trinajstić information content (AvgIpc) is 2.83. The summed E-state index contributed by atoms with van der Waals surface area (Å²) in [5.41, 5.74) is 1.67. The van der Waals surface area contributed by atoms with Gasteiger partial charge in [0.2, 0.25) is 5.88 Å². The van der Waals surface area contributed by atoms with Gasteiger partial charge >= 0.3 is 0 Å². The number of hydrogen-bond donors (Lipinski definition) is 1. The van der Waals surface area contributed by atoms with Crippen LogP contribution in [0.2, 0.25) is 0 Å². The SMILES string of the molecule is CCOc1ccc(-c2ccc(OCCNC(=O)C(C)Oc3cccc(OCC)c3)nn2)cc1. The molecule has 8 heteroatoms. The number of benzene rings is 2. The Labute approximate surface area is 193 Å². The molecule has 0 saturated carbocycles. The summed E-state index contributed by atoms with van der Waals surface area (Å²) in [5.74, 6) is 2.23. The fourth-order valence-electron chi connectivity index (χ4n) is 2.97. The second-order valence-corrected chi connectivity index (χ2v) is 7.02. The maximum atomic E-state index is 12.3. The summed E-state index contributed by atoms with van der Waals surface area (Å²) in [6.07, 6.45) is -0.657. The zero-order valence-electron chi connectivity index (χ0n) is 19.1. The minimum Gasteiger partial charge on any atom is -0.494 e. The minimum atomic E-state index is -0.657. The molecule has 174 valence electrons. The van der Waals surface area contributed by atoms with Crippen molar-refractivity contribution >= 4 is 5.91 Å². The number of ether oxygens (including phenoxy) is 4. The van der Waals surface area contributed by atoms with Crippen LogP contribution in [-0.4, -0.2) is 48.6 Å². The highest BCUT2D eigenvalue weighted by Gasteiger charge is 2.14. The van der Waals surface area contributed by atoms with Gasteiger partial charge in [-0.25, -0.2) is 0 Å². The van der Waals surface area contributed by atoms with Crippen LogP contribution in [-0.2, 0) is 4.79 Å². The number of nitrogens with one attached hydrogen (secondary N) is 1. The summed E-state index contributed by atoms with van der Waals surface area (Å²) < 4.78 is 22.2. The van der Waals surface area contributed by atoms with E-state index in [9.17, 15) is 4.79 Å². The fraction of sp³-hybridized carbons (Fsp3) is 0.320. The van der Waals surface area contributed by atoms with E-state index < -0.39 is 6.10 Å². The number of amides is 1. The molecular formula is C25H29N3O5. The zero-order valence-corrected chi connectivity index (χ0v) is 19.1. The van der Waals surface area contributed by atoms with E-state index in [2.05, 4.69) is 15.5 Å². The molecule has 1 N–H and O–H groups in total. The van der Waals surface area contributed by atoms with Crippen molar-refractivity contribution in [3.05, 3.63) is 60.7 Å². The van der Waals surface area contributed by atoms with Gasteiger partial charge < -0.3 is 24.3 Å². The molecule has 0 radical (unpaired) electrons. The molecule has 1 heterocycles. The topological polar surface area (TPSA) is 91.8 Å². The van der Waals surface area contributed by atoms with Gasteiger partial charge in [-0.15, -0.1) is 10.2 Å². The molecular weight excluding hydrogens is 422 g/mol. The third-order valence-corrected chi connectivity index (χ3v) is 4.55. The van der Waals surface area contributed by atoms with E-state index in [0.29, 0.717) is 37.1 Å². The maximum absolute atomic E-state index is 12.3. The fourth-order valence-corrected chi connectivity index (χ4v) is 2.97. The maximum Gasteiger partial charge on any atom is 0.260 e. The minimum absolute atomic E-state index is 0.239. The number of aromatic nitrogens is 2. The van der Waals surface area contributed by atoms with Crippen LogP contribution in [0.15, 0.2) is 60.7 Å². The highest BCUT2D eigenvalue weighted by atomic mass is 16.5. The van der Waals surface area contributed by atoms with Crippen LogP contribution in [0.25, 0.3) is 11.3 Å². The van der Waals surface area contributed by atoms with E-state index in [1.165, 1.54) is 0 Å². The van der Waals surface area contributed by atoms with Crippen LogP contribution in [0.1, 0.15) is 20.8 Å². The molecule has 1 atom stereocenters. The molecule has 0 aliphatic rings. The van der Waals surface area contributed by atoms with Gasteiger partial charge in [0.15, 0.2) is 6.10 Å². The predicted molar refractivity (Wildman–Crippen MR) is 125 cm³/mol. The molecule has 2 aromatic carbocycles. The van der Waals surface area contributed by atoms with Gasteiger partial charge in [-0.2, -0.15) is 0 Å². The quantitative estimate of drug-likeness (QED) is 0.418. The first-order chi connectivity index (χ1) is 16.1. The molecule has 0 saturated heterocycles. The molecule has 0 spiro atoms. The standard InChI is InChI=1S/C25H29N3O5/c1-4-30-20-11-9-19(10-12-20)23-13-14-24(28-27-23)32-16-15-26-25(29)18(3)33-22-8-6-7-21(17-22)31-5-2/h6-14,17-18H,4-5,15-16H2,1-3H3,(H,26,29). The molecule has 1 amide bonds. The smallest absolute Gasteiger partial charge is 0.260 e. The van der Waals surface area contributed by atoms with E-state index in [1.54, 1.807) is 25.1 Å². The summed E-state index contributed by atoms with van der Waals surface area (Å²) in [7, 11) is 0. The largest absolute Gasteiger partial charge is 0.494 e. The van der Waals surface area contributed by atoms with Gasteiger partial charge in [-0.05, 0) is 63.2 Å². The van der Waals surface area contributed by atoms with Gasteiger partial charge in [0.05, 0.1) is 25.5 Å². The van der Waals surface area contributed by atoms with Gasteiger partial charge in [0, 0.05) is 17.7 Å². The van der Waals surface area contributed by atoms with Gasteiger partial charge in [0.1, 0.15) is 23.9 Å². The van der Waals surface area contributed by atoms with E-state index in [0.717, 1.165) is 17.0 Å². The van der Waals surface area contributed by atoms with Crippen molar-refractivity contribution in [1.29, 1.82) is 0 Å². The first-order valence-electron chi connectivity index (χ1n) is 11.0. The lowest BCUT2D eigenvalue weighted by Gasteiger charge is -2.15. The third-order valence-electron chi connectivity index (χ3n) is 4.55. The van der Waals surface area contributed by atoms with Gasteiger partial charge in [-0.3, -0.25) is 4.79 Å². The van der Waals surface area contributed by atoms with Crippen molar-refractivity contribution in [2.24, 2.45) is 0 Å². The lowest BCUT2D eigenvalue weighted by Crippen LogP contribution is -2.38. The third kappa shape index (κ3) is 7.38. The predicted octanol–water partition coefficient (Wildman–Crippen LogP) is 3.90.